The van der Waals surface area contributed by atoms with Gasteiger partial charge in [-0.25, -0.2) is 4.79 Å². The fraction of sp³-hybridized carbons (Fsp3) is 0.526. The molecular weight excluding hydrogens is 352 g/mol. The first-order chi connectivity index (χ1) is 12.5. The van der Waals surface area contributed by atoms with Crippen LogP contribution >= 0.6 is 0 Å². The second-order valence-electron chi connectivity index (χ2n) is 5.76. The topological polar surface area (TPSA) is 63.2 Å². The fourth-order valence-corrected chi connectivity index (χ4v) is 5.44. The van der Waals surface area contributed by atoms with Crippen molar-refractivity contribution in [1.29, 1.82) is 0 Å². The van der Waals surface area contributed by atoms with Crippen LogP contribution in [0, 0.1) is 0 Å². The van der Waals surface area contributed by atoms with Gasteiger partial charge in [0, 0.05) is 32.9 Å². The number of carbonyl (C=O) groups is 1. The van der Waals surface area contributed by atoms with Crippen LogP contribution in [0.2, 0.25) is 5.54 Å². The van der Waals surface area contributed by atoms with Crippen LogP contribution in [0.25, 0.3) is 6.08 Å². The first kappa shape index (κ1) is 22.4. The van der Waals surface area contributed by atoms with Crippen molar-refractivity contribution in [2.24, 2.45) is 0 Å². The molecular formula is C19H30O6Si. The lowest BCUT2D eigenvalue weighted by atomic mass is 10.2. The van der Waals surface area contributed by atoms with Crippen LogP contribution in [-0.2, 0) is 22.8 Å². The number of methoxy groups -OCH3 is 1. The van der Waals surface area contributed by atoms with E-state index in [2.05, 4.69) is 11.7 Å². The summed E-state index contributed by atoms with van der Waals surface area (Å²) in [6.45, 7) is 2.68. The lowest BCUT2D eigenvalue weighted by Crippen LogP contribution is -2.48. The number of ether oxygens (including phenoxy) is 2. The minimum absolute atomic E-state index is 0.190. The third kappa shape index (κ3) is 6.57. The minimum atomic E-state index is -2.67. The van der Waals surface area contributed by atoms with Crippen molar-refractivity contribution >= 4 is 20.8 Å². The predicted octanol–water partition coefficient (Wildman–Crippen LogP) is 3.69. The van der Waals surface area contributed by atoms with Gasteiger partial charge in [-0.05, 0) is 36.6 Å². The monoisotopic (exact) mass is 382 g/mol. The fourth-order valence-electron chi connectivity index (χ4n) is 2.82. The van der Waals surface area contributed by atoms with Gasteiger partial charge < -0.3 is 22.8 Å². The maximum Gasteiger partial charge on any atom is 0.503 e. The Morgan fingerprint density at radius 3 is 2.15 bits per heavy atom. The molecule has 0 aliphatic heterocycles. The zero-order valence-corrected chi connectivity index (χ0v) is 17.3. The second kappa shape index (κ2) is 11.8. The summed E-state index contributed by atoms with van der Waals surface area (Å²) in [4.78, 5) is 11.1. The molecule has 0 aromatic heterocycles. The Bertz CT molecular complexity index is 545. The van der Waals surface area contributed by atoms with Gasteiger partial charge in [-0.1, -0.05) is 25.5 Å². The Hall–Kier alpha value is -1.67. The van der Waals surface area contributed by atoms with E-state index in [0.29, 0.717) is 6.61 Å². The number of hydrogen-bond donors (Lipinski definition) is 0. The Labute approximate surface area is 157 Å². The van der Waals surface area contributed by atoms with E-state index in [-0.39, 0.29) is 11.5 Å². The highest BCUT2D eigenvalue weighted by molar-refractivity contribution is 6.62. The molecule has 26 heavy (non-hydrogen) atoms. The van der Waals surface area contributed by atoms with Gasteiger partial charge in [0.05, 0.1) is 13.7 Å². The van der Waals surface area contributed by atoms with Crippen molar-refractivity contribution in [1.82, 2.24) is 0 Å². The van der Waals surface area contributed by atoms with Gasteiger partial charge in [0.15, 0.2) is 0 Å². The van der Waals surface area contributed by atoms with Crippen LogP contribution in [0.3, 0.4) is 0 Å². The van der Waals surface area contributed by atoms with Crippen LogP contribution in [0.5, 0.6) is 5.75 Å². The molecule has 1 rings (SSSR count). The first-order valence-corrected chi connectivity index (χ1v) is 10.5. The normalized spacial score (nSPS) is 13.0. The van der Waals surface area contributed by atoms with Crippen molar-refractivity contribution < 1.29 is 27.5 Å². The summed E-state index contributed by atoms with van der Waals surface area (Å²) >= 11 is 0. The molecule has 0 aliphatic rings. The van der Waals surface area contributed by atoms with Crippen LogP contribution < -0.4 is 4.74 Å². The summed E-state index contributed by atoms with van der Waals surface area (Å²) in [7, 11) is 3.60. The van der Waals surface area contributed by atoms with Crippen LogP contribution in [-0.4, -0.2) is 49.8 Å². The molecule has 0 aliphatic carbocycles. The van der Waals surface area contributed by atoms with Crippen molar-refractivity contribution in [3.05, 3.63) is 35.9 Å². The van der Waals surface area contributed by atoms with Gasteiger partial charge in [0.25, 0.3) is 0 Å². The van der Waals surface area contributed by atoms with Crippen LogP contribution in [0.4, 0.5) is 0 Å². The summed E-state index contributed by atoms with van der Waals surface area (Å²) in [5.74, 6) is 0.393. The lowest BCUT2D eigenvalue weighted by Gasteiger charge is -2.32. The molecule has 0 amide bonds. The van der Waals surface area contributed by atoms with Gasteiger partial charge in [-0.3, -0.25) is 0 Å². The SMILES string of the molecule is CCCC(CCOc1ccc(/C=C/C(=O)OC)cc1)[Si](OC)(OC)OC. The first-order valence-electron chi connectivity index (χ1n) is 8.69. The Morgan fingerprint density at radius 1 is 1.04 bits per heavy atom. The molecule has 146 valence electrons. The molecule has 1 aromatic carbocycles. The van der Waals surface area contributed by atoms with Crippen molar-refractivity contribution in [2.75, 3.05) is 35.0 Å². The third-order valence-electron chi connectivity index (χ3n) is 4.22. The second-order valence-corrected chi connectivity index (χ2v) is 9.01. The molecule has 1 atom stereocenters. The van der Waals surface area contributed by atoms with E-state index in [9.17, 15) is 4.79 Å². The third-order valence-corrected chi connectivity index (χ3v) is 7.50. The molecule has 0 fully saturated rings. The molecule has 0 spiro atoms. The summed E-state index contributed by atoms with van der Waals surface area (Å²) in [5.41, 5.74) is 1.09. The van der Waals surface area contributed by atoms with E-state index in [1.54, 1.807) is 27.4 Å². The van der Waals surface area contributed by atoms with Crippen LogP contribution in [0.1, 0.15) is 31.7 Å². The largest absolute Gasteiger partial charge is 0.503 e. The van der Waals surface area contributed by atoms with Gasteiger partial charge >= 0.3 is 14.8 Å². The zero-order chi connectivity index (χ0) is 19.4. The van der Waals surface area contributed by atoms with E-state index >= 15 is 0 Å². The van der Waals surface area contributed by atoms with Crippen molar-refractivity contribution in [2.45, 2.75) is 31.7 Å². The number of carbonyl (C=O) groups excluding carboxylic acids is 1. The zero-order valence-electron chi connectivity index (χ0n) is 16.3. The Morgan fingerprint density at radius 2 is 1.65 bits per heavy atom. The van der Waals surface area contributed by atoms with E-state index in [4.69, 9.17) is 18.0 Å². The highest BCUT2D eigenvalue weighted by Gasteiger charge is 2.46. The molecule has 1 aromatic rings. The molecule has 1 unspecified atom stereocenters. The van der Waals surface area contributed by atoms with Gasteiger partial charge in [0.2, 0.25) is 0 Å². The van der Waals surface area contributed by atoms with Gasteiger partial charge in [-0.2, -0.15) is 0 Å². The number of rotatable bonds is 12. The average molecular weight is 383 g/mol. The molecule has 7 heteroatoms. The Kier molecular flexibility index (Phi) is 10.2. The number of benzene rings is 1. The van der Waals surface area contributed by atoms with E-state index in [1.165, 1.54) is 13.2 Å². The molecule has 0 saturated heterocycles. The van der Waals surface area contributed by atoms with Gasteiger partial charge in [0.1, 0.15) is 5.75 Å². The Balaban J connectivity index is 2.61. The van der Waals surface area contributed by atoms with Crippen molar-refractivity contribution in [3.8, 4) is 5.75 Å². The molecule has 0 heterocycles. The maximum atomic E-state index is 11.1. The van der Waals surface area contributed by atoms with Gasteiger partial charge in [-0.15, -0.1) is 0 Å². The smallest absolute Gasteiger partial charge is 0.494 e. The standard InChI is InChI=1S/C19H30O6Si/c1-6-7-18(26(22-3,23-4)24-5)14-15-25-17-11-8-16(9-12-17)10-13-19(20)21-2/h8-13,18H,6-7,14-15H2,1-5H3/b13-10+. The van der Waals surface area contributed by atoms with Crippen LogP contribution in [0.15, 0.2) is 30.3 Å². The molecule has 6 nitrogen and oxygen atoms in total. The maximum absolute atomic E-state index is 11.1. The quantitative estimate of drug-likeness (QED) is 0.312. The number of esters is 1. The highest BCUT2D eigenvalue weighted by Crippen LogP contribution is 2.32. The predicted molar refractivity (Wildman–Crippen MR) is 103 cm³/mol. The summed E-state index contributed by atoms with van der Waals surface area (Å²) in [6, 6.07) is 7.52. The molecule has 0 N–H and O–H groups in total. The molecule has 0 bridgehead atoms. The highest BCUT2D eigenvalue weighted by atomic mass is 28.4. The minimum Gasteiger partial charge on any atom is -0.494 e. The molecule has 0 saturated carbocycles. The summed E-state index contributed by atoms with van der Waals surface area (Å²) in [6.07, 6.45) is 5.86. The molecule has 0 radical (unpaired) electrons. The van der Waals surface area contributed by atoms with E-state index in [1.807, 2.05) is 24.3 Å². The lowest BCUT2D eigenvalue weighted by molar-refractivity contribution is -0.134. The van der Waals surface area contributed by atoms with E-state index in [0.717, 1.165) is 30.6 Å². The summed E-state index contributed by atoms with van der Waals surface area (Å²) in [5, 5.41) is 0. The average Bonchev–Trinajstić information content (AvgIpc) is 2.68. The summed E-state index contributed by atoms with van der Waals surface area (Å²) < 4.78 is 27.3. The van der Waals surface area contributed by atoms with E-state index < -0.39 is 8.80 Å². The van der Waals surface area contributed by atoms with Crippen molar-refractivity contribution in [3.63, 3.8) is 0 Å². The number of hydrogen-bond acceptors (Lipinski definition) is 6.